The van der Waals surface area contributed by atoms with E-state index in [0.29, 0.717) is 0 Å². The van der Waals surface area contributed by atoms with E-state index >= 15 is 0 Å². The largest absolute Gasteiger partial charge is 0.394 e. The molecule has 1 aliphatic heterocycles. The molecule has 80 valence electrons. The van der Waals surface area contributed by atoms with Crippen molar-refractivity contribution in [3.63, 3.8) is 0 Å². The summed E-state index contributed by atoms with van der Waals surface area (Å²) in [5.74, 6) is 0. The first kappa shape index (κ1) is 11.2. The first-order valence-electron chi connectivity index (χ1n) is 3.96. The Morgan fingerprint density at radius 2 is 1.93 bits per heavy atom. The van der Waals surface area contributed by atoms with Crippen LogP contribution in [0.15, 0.2) is 5.11 Å². The van der Waals surface area contributed by atoms with Crippen molar-refractivity contribution < 1.29 is 25.2 Å². The van der Waals surface area contributed by atoms with Gasteiger partial charge in [0, 0.05) is 4.91 Å². The summed E-state index contributed by atoms with van der Waals surface area (Å²) in [6.07, 6.45) is -5.60. The van der Waals surface area contributed by atoms with Crippen molar-refractivity contribution in [2.45, 2.75) is 30.6 Å². The third-order valence-corrected chi connectivity index (χ3v) is 2.05. The first-order chi connectivity index (χ1) is 6.61. The van der Waals surface area contributed by atoms with E-state index in [2.05, 4.69) is 10.0 Å². The van der Waals surface area contributed by atoms with Gasteiger partial charge >= 0.3 is 0 Å². The minimum atomic E-state index is -1.59. The number of hydrogen-bond acceptors (Lipinski definition) is 6. The maximum atomic E-state index is 9.37. The molecule has 2 unspecified atom stereocenters. The summed E-state index contributed by atoms with van der Waals surface area (Å²) in [5, 5.41) is 39.6. The van der Waals surface area contributed by atoms with Crippen molar-refractivity contribution in [1.29, 1.82) is 0 Å². The van der Waals surface area contributed by atoms with Gasteiger partial charge in [0.15, 0.2) is 6.29 Å². The van der Waals surface area contributed by atoms with Crippen LogP contribution in [0.5, 0.6) is 0 Å². The fourth-order valence-electron chi connectivity index (χ4n) is 1.28. The molecule has 5 atom stereocenters. The van der Waals surface area contributed by atoms with Crippen LogP contribution in [-0.4, -0.2) is 57.7 Å². The van der Waals surface area contributed by atoms with Crippen LogP contribution in [0.3, 0.4) is 0 Å². The lowest BCUT2D eigenvalue weighted by atomic mass is 9.97. The quantitative estimate of drug-likeness (QED) is 0.237. The fraction of sp³-hybridized carbons (Fsp3) is 1.00. The fourth-order valence-corrected chi connectivity index (χ4v) is 1.28. The lowest BCUT2D eigenvalue weighted by molar-refractivity contribution is -0.258. The van der Waals surface area contributed by atoms with Gasteiger partial charge in [0.2, 0.25) is 0 Å². The van der Waals surface area contributed by atoms with Crippen molar-refractivity contribution in [2.24, 2.45) is 5.11 Å². The topological polar surface area (TPSA) is 139 Å². The van der Waals surface area contributed by atoms with Crippen LogP contribution in [0.2, 0.25) is 0 Å². The number of aliphatic hydroxyl groups excluding tert-OH is 4. The van der Waals surface area contributed by atoms with E-state index in [1.807, 2.05) is 0 Å². The van der Waals surface area contributed by atoms with Gasteiger partial charge in [-0.3, -0.25) is 0 Å². The minimum absolute atomic E-state index is 0.523. The van der Waals surface area contributed by atoms with E-state index in [1.165, 1.54) is 0 Å². The third kappa shape index (κ3) is 1.95. The van der Waals surface area contributed by atoms with Gasteiger partial charge < -0.3 is 25.2 Å². The van der Waals surface area contributed by atoms with Crippen molar-refractivity contribution in [2.75, 3.05) is 6.61 Å². The molecule has 14 heavy (non-hydrogen) atoms. The van der Waals surface area contributed by atoms with Crippen LogP contribution in [0.1, 0.15) is 0 Å². The predicted molar refractivity (Wildman–Crippen MR) is 42.9 cm³/mol. The van der Waals surface area contributed by atoms with E-state index in [4.69, 9.17) is 25.6 Å². The molecule has 0 aliphatic carbocycles. The molecule has 0 amide bonds. The second-order valence-corrected chi connectivity index (χ2v) is 2.92. The Morgan fingerprint density at radius 3 is 2.43 bits per heavy atom. The lowest BCUT2D eigenvalue weighted by Crippen LogP contribution is -2.57. The van der Waals surface area contributed by atoms with Gasteiger partial charge in [-0.25, -0.2) is 0 Å². The average molecular weight is 205 g/mol. The zero-order valence-corrected chi connectivity index (χ0v) is 7.13. The monoisotopic (exact) mass is 205 g/mol. The van der Waals surface area contributed by atoms with E-state index < -0.39 is 37.3 Å². The van der Waals surface area contributed by atoms with E-state index in [9.17, 15) is 5.11 Å². The predicted octanol–water partition coefficient (Wildman–Crippen LogP) is -1.90. The van der Waals surface area contributed by atoms with Crippen LogP contribution in [-0.2, 0) is 4.74 Å². The molecular weight excluding hydrogens is 194 g/mol. The van der Waals surface area contributed by atoms with Crippen LogP contribution < -0.4 is 0 Å². The van der Waals surface area contributed by atoms with Crippen molar-refractivity contribution in [1.82, 2.24) is 0 Å². The average Bonchev–Trinajstić information content (AvgIpc) is 2.19. The molecule has 1 fully saturated rings. The summed E-state index contributed by atoms with van der Waals surface area (Å²) in [5.41, 5.74) is 8.17. The van der Waals surface area contributed by atoms with Gasteiger partial charge in [0.25, 0.3) is 0 Å². The molecule has 0 spiro atoms. The number of nitrogens with zero attached hydrogens (tertiary/aromatic N) is 3. The SMILES string of the molecule is [N-]=[N+]=N[C@H]1C(CO)O[C@@H](O)C(O)[C@H]1O. The molecule has 4 N–H and O–H groups in total. The Morgan fingerprint density at radius 1 is 1.29 bits per heavy atom. The highest BCUT2D eigenvalue weighted by atomic mass is 16.6. The summed E-state index contributed by atoms with van der Waals surface area (Å²) in [7, 11) is 0. The minimum Gasteiger partial charge on any atom is -0.394 e. The van der Waals surface area contributed by atoms with E-state index in [1.54, 1.807) is 0 Å². The van der Waals surface area contributed by atoms with Crippen LogP contribution in [0.25, 0.3) is 10.4 Å². The highest BCUT2D eigenvalue weighted by molar-refractivity contribution is 4.93. The zero-order chi connectivity index (χ0) is 10.7. The summed E-state index contributed by atoms with van der Waals surface area (Å²) in [6, 6.07) is -1.11. The number of ether oxygens (including phenoxy) is 1. The number of aliphatic hydroxyl groups is 4. The molecule has 0 saturated carbocycles. The first-order valence-corrected chi connectivity index (χ1v) is 3.96. The van der Waals surface area contributed by atoms with Gasteiger partial charge in [0.1, 0.15) is 6.10 Å². The zero-order valence-electron chi connectivity index (χ0n) is 7.13. The Labute approximate surface area is 79.0 Å². The van der Waals surface area contributed by atoms with Crippen molar-refractivity contribution in [3.05, 3.63) is 10.4 Å². The smallest absolute Gasteiger partial charge is 0.183 e. The molecule has 0 aromatic carbocycles. The molecule has 0 radical (unpaired) electrons. The number of hydrogen-bond donors (Lipinski definition) is 4. The standard InChI is InChI=1S/C6H11N3O5/c7-9-8-3-2(1-10)14-6(13)5(12)4(3)11/h2-6,10-13H,1H2/t2?,3-,4-,5?,6+/m0/s1. The van der Waals surface area contributed by atoms with Gasteiger partial charge in [-0.2, -0.15) is 0 Å². The Balaban J connectivity index is 2.82. The highest BCUT2D eigenvalue weighted by Crippen LogP contribution is 2.22. The summed E-state index contributed by atoms with van der Waals surface area (Å²) < 4.78 is 4.71. The van der Waals surface area contributed by atoms with Gasteiger partial charge in [-0.1, -0.05) is 5.11 Å². The molecule has 1 rings (SSSR count). The van der Waals surface area contributed by atoms with Gasteiger partial charge in [-0.15, -0.1) is 0 Å². The van der Waals surface area contributed by atoms with E-state index in [-0.39, 0.29) is 0 Å². The highest BCUT2D eigenvalue weighted by Gasteiger charge is 2.43. The maximum absolute atomic E-state index is 9.37. The molecular formula is C6H11N3O5. The number of azide groups is 1. The third-order valence-electron chi connectivity index (χ3n) is 2.05. The molecule has 1 heterocycles. The van der Waals surface area contributed by atoms with E-state index in [0.717, 1.165) is 0 Å². The molecule has 0 aromatic heterocycles. The second-order valence-electron chi connectivity index (χ2n) is 2.92. The normalized spacial score (nSPS) is 43.0. The van der Waals surface area contributed by atoms with Crippen LogP contribution >= 0.6 is 0 Å². The number of rotatable bonds is 2. The van der Waals surface area contributed by atoms with Crippen LogP contribution in [0, 0.1) is 0 Å². The molecule has 0 aromatic rings. The second kappa shape index (κ2) is 4.56. The maximum Gasteiger partial charge on any atom is 0.183 e. The molecule has 1 saturated heterocycles. The summed E-state index contributed by atoms with van der Waals surface area (Å²) >= 11 is 0. The molecule has 8 heteroatoms. The Hall–Kier alpha value is -0.890. The Kier molecular flexibility index (Phi) is 3.64. The molecule has 0 bridgehead atoms. The summed E-state index contributed by atoms with van der Waals surface area (Å²) in [6.45, 7) is -0.523. The molecule has 1 aliphatic rings. The summed E-state index contributed by atoms with van der Waals surface area (Å²) in [4.78, 5) is 2.45. The van der Waals surface area contributed by atoms with Crippen molar-refractivity contribution >= 4 is 0 Å². The van der Waals surface area contributed by atoms with Gasteiger partial charge in [-0.05, 0) is 5.53 Å². The van der Waals surface area contributed by atoms with Crippen molar-refractivity contribution in [3.8, 4) is 0 Å². The van der Waals surface area contributed by atoms with Gasteiger partial charge in [0.05, 0.1) is 24.9 Å². The van der Waals surface area contributed by atoms with Crippen LogP contribution in [0.4, 0.5) is 0 Å². The lowest BCUT2D eigenvalue weighted by Gasteiger charge is -2.37. The molecule has 8 nitrogen and oxygen atoms in total. The Bertz CT molecular complexity index is 242.